The van der Waals surface area contributed by atoms with E-state index in [9.17, 15) is 0 Å². The SMILES string of the molecule is O=C(O)C(=O)O.[KH].[SbH3]. The first kappa shape index (κ1) is 16.2. The van der Waals surface area contributed by atoms with Crippen LogP contribution in [0.25, 0.3) is 0 Å². The van der Waals surface area contributed by atoms with Gasteiger partial charge in [0.15, 0.2) is 0 Å². The van der Waals surface area contributed by atoms with Crippen LogP contribution in [0.15, 0.2) is 0 Å². The van der Waals surface area contributed by atoms with Gasteiger partial charge in [-0.3, -0.25) is 0 Å². The third kappa shape index (κ3) is 10.4. The first-order chi connectivity index (χ1) is 2.64. The number of carbonyl (C=O) groups is 2. The molecule has 0 amide bonds. The predicted molar refractivity (Wildman–Crippen MR) is 32.4 cm³/mol. The van der Waals surface area contributed by atoms with Crippen molar-refractivity contribution in [3.8, 4) is 0 Å². The summed E-state index contributed by atoms with van der Waals surface area (Å²) >= 11 is 0. The van der Waals surface area contributed by atoms with E-state index in [0.717, 1.165) is 0 Å². The summed E-state index contributed by atoms with van der Waals surface area (Å²) in [6.45, 7) is 0. The summed E-state index contributed by atoms with van der Waals surface area (Å²) in [4.78, 5) is 18.2. The second kappa shape index (κ2) is 8.39. The van der Waals surface area contributed by atoms with Crippen LogP contribution in [0, 0.1) is 0 Å². The van der Waals surface area contributed by atoms with Crippen molar-refractivity contribution in [2.75, 3.05) is 0 Å². The molecule has 0 aromatic heterocycles. The molecule has 8 heavy (non-hydrogen) atoms. The van der Waals surface area contributed by atoms with Crippen LogP contribution in [0.2, 0.25) is 0 Å². The molecule has 0 bridgehead atoms. The van der Waals surface area contributed by atoms with E-state index in [2.05, 4.69) is 0 Å². The average Bonchev–Trinajstić information content (AvgIpc) is 1.36. The third-order valence-corrected chi connectivity index (χ3v) is 0.183. The van der Waals surface area contributed by atoms with Gasteiger partial charge in [0.05, 0.1) is 0 Å². The first-order valence-corrected chi connectivity index (χ1v) is 1.11. The maximum absolute atomic E-state index is 9.10. The molecular weight excluding hydrogens is 249 g/mol. The van der Waals surface area contributed by atoms with Gasteiger partial charge in [0, 0.05) is 0 Å². The van der Waals surface area contributed by atoms with Gasteiger partial charge < -0.3 is 10.2 Å². The van der Waals surface area contributed by atoms with Gasteiger partial charge in [-0.1, -0.05) is 0 Å². The zero-order valence-electron chi connectivity index (χ0n) is 3.42. The Morgan fingerprint density at radius 2 is 1.12 bits per heavy atom. The summed E-state index contributed by atoms with van der Waals surface area (Å²) < 4.78 is 0. The Balaban J connectivity index is -0.000000125. The van der Waals surface area contributed by atoms with Gasteiger partial charge in [-0.05, 0) is 0 Å². The van der Waals surface area contributed by atoms with Crippen LogP contribution in [-0.4, -0.2) is 98.0 Å². The monoisotopic (exact) mass is 254 g/mol. The van der Waals surface area contributed by atoms with Gasteiger partial charge in [-0.2, -0.15) is 0 Å². The van der Waals surface area contributed by atoms with Crippen LogP contribution >= 0.6 is 0 Å². The molecule has 0 aliphatic rings. The standard InChI is InChI=1S/C2H2O4.K.Sb.4H/c3-1(4)2(5)6;;;;;;/h(H,3,4)(H,5,6);;;;;;. The number of carboxylic acid groups (broad SMARTS) is 2. The van der Waals surface area contributed by atoms with Crippen molar-refractivity contribution < 1.29 is 19.8 Å². The van der Waals surface area contributed by atoms with Crippen molar-refractivity contribution >= 4 is 87.8 Å². The van der Waals surface area contributed by atoms with Crippen molar-refractivity contribution in [1.29, 1.82) is 0 Å². The maximum atomic E-state index is 9.10. The van der Waals surface area contributed by atoms with Crippen molar-refractivity contribution in [1.82, 2.24) is 0 Å². The van der Waals surface area contributed by atoms with E-state index in [4.69, 9.17) is 19.8 Å². The van der Waals surface area contributed by atoms with Crippen LogP contribution in [0.4, 0.5) is 0 Å². The summed E-state index contributed by atoms with van der Waals surface area (Å²) in [5.74, 6) is -3.65. The number of aliphatic carboxylic acids is 2. The van der Waals surface area contributed by atoms with E-state index in [-0.39, 0.29) is 75.8 Å². The van der Waals surface area contributed by atoms with Crippen molar-refractivity contribution in [3.63, 3.8) is 0 Å². The Morgan fingerprint density at radius 1 is 1.00 bits per heavy atom. The van der Waals surface area contributed by atoms with Crippen molar-refractivity contribution in [2.24, 2.45) is 0 Å². The zero-order chi connectivity index (χ0) is 5.15. The molecule has 0 saturated heterocycles. The Morgan fingerprint density at radius 3 is 1.12 bits per heavy atom. The Hall–Kier alpha value is 1.39. The van der Waals surface area contributed by atoms with Crippen LogP contribution in [0.3, 0.4) is 0 Å². The molecule has 0 aromatic rings. The van der Waals surface area contributed by atoms with Gasteiger partial charge in [0.25, 0.3) is 0 Å². The molecule has 0 radical (unpaired) electrons. The van der Waals surface area contributed by atoms with E-state index in [1.807, 2.05) is 0 Å². The first-order valence-electron chi connectivity index (χ1n) is 1.11. The number of carboxylic acids is 2. The molecule has 44 valence electrons. The number of hydrogen-bond donors (Lipinski definition) is 2. The average molecular weight is 255 g/mol. The molecular formula is C2H6KO4Sb. The molecule has 0 aromatic carbocycles. The topological polar surface area (TPSA) is 74.6 Å². The van der Waals surface area contributed by atoms with E-state index >= 15 is 0 Å². The molecule has 0 heterocycles. The molecule has 2 N–H and O–H groups in total. The van der Waals surface area contributed by atoms with Gasteiger partial charge in [-0.15, -0.1) is 0 Å². The fraction of sp³-hybridized carbons (Fsp3) is 0. The third-order valence-electron chi connectivity index (χ3n) is 0.183. The van der Waals surface area contributed by atoms with E-state index < -0.39 is 11.9 Å². The molecule has 0 unspecified atom stereocenters. The predicted octanol–water partition coefficient (Wildman–Crippen LogP) is -2.68. The molecule has 0 fully saturated rings. The summed E-state index contributed by atoms with van der Waals surface area (Å²) in [6.07, 6.45) is 0. The van der Waals surface area contributed by atoms with Gasteiger partial charge in [-0.25, -0.2) is 9.59 Å². The Labute approximate surface area is 106 Å². The minimum absolute atomic E-state index is 0. The molecule has 0 spiro atoms. The number of hydrogen-bond acceptors (Lipinski definition) is 2. The summed E-state index contributed by atoms with van der Waals surface area (Å²) in [6, 6.07) is 0. The second-order valence-corrected chi connectivity index (χ2v) is 0.610. The van der Waals surface area contributed by atoms with Gasteiger partial charge in [0.1, 0.15) is 0 Å². The van der Waals surface area contributed by atoms with Gasteiger partial charge >= 0.3 is 87.8 Å². The zero-order valence-corrected chi connectivity index (χ0v) is 7.45. The summed E-state index contributed by atoms with van der Waals surface area (Å²) in [5, 5.41) is 14.8. The van der Waals surface area contributed by atoms with Crippen molar-refractivity contribution in [2.45, 2.75) is 0 Å². The fourth-order valence-electron chi connectivity index (χ4n) is 0. The van der Waals surface area contributed by atoms with Gasteiger partial charge in [0.2, 0.25) is 0 Å². The van der Waals surface area contributed by atoms with E-state index in [1.165, 1.54) is 0 Å². The Bertz CT molecular complexity index is 80.0. The van der Waals surface area contributed by atoms with Crippen LogP contribution in [-0.2, 0) is 9.59 Å². The molecule has 0 aliphatic carbocycles. The van der Waals surface area contributed by atoms with E-state index in [0.29, 0.717) is 0 Å². The van der Waals surface area contributed by atoms with E-state index in [1.54, 1.807) is 0 Å². The quantitative estimate of drug-likeness (QED) is 0.365. The normalized spacial score (nSPS) is 5.50. The molecule has 0 saturated carbocycles. The van der Waals surface area contributed by atoms with Crippen LogP contribution in [0.5, 0.6) is 0 Å². The molecule has 4 nitrogen and oxygen atoms in total. The molecule has 0 rings (SSSR count). The fourth-order valence-corrected chi connectivity index (χ4v) is 0. The molecule has 0 aliphatic heterocycles. The van der Waals surface area contributed by atoms with Crippen molar-refractivity contribution in [3.05, 3.63) is 0 Å². The summed E-state index contributed by atoms with van der Waals surface area (Å²) in [7, 11) is 0. The minimum atomic E-state index is -1.82. The number of rotatable bonds is 0. The Kier molecular flexibility index (Phi) is 17.0. The molecule has 6 heteroatoms. The summed E-state index contributed by atoms with van der Waals surface area (Å²) in [5.41, 5.74) is 0. The second-order valence-electron chi connectivity index (χ2n) is 0.610. The van der Waals surface area contributed by atoms with Crippen LogP contribution in [0.1, 0.15) is 0 Å². The van der Waals surface area contributed by atoms with Crippen LogP contribution < -0.4 is 0 Å². The molecule has 0 atom stereocenters.